The molecular formula is C13H11S2. The molecule has 2 heteroatoms. The molecule has 0 saturated carbocycles. The fraction of sp³-hybridized carbons (Fsp3) is 0. The predicted octanol–water partition coefficient (Wildman–Crippen LogP) is 4.69. The first kappa shape index (κ1) is 10.7. The van der Waals surface area contributed by atoms with Gasteiger partial charge in [0.25, 0.3) is 0 Å². The normalized spacial score (nSPS) is 10.1. The van der Waals surface area contributed by atoms with E-state index in [4.69, 9.17) is 0 Å². The largest absolute Gasteiger partial charge is 0.109 e. The fourth-order valence-electron chi connectivity index (χ4n) is 1.13. The number of rotatable bonds is 4. The maximum absolute atomic E-state index is 2.16. The Hall–Kier alpha value is -0.860. The minimum absolute atomic E-state index is 1.28. The minimum Gasteiger partial charge on any atom is -0.109 e. The van der Waals surface area contributed by atoms with E-state index in [1.165, 1.54) is 9.79 Å². The summed E-state index contributed by atoms with van der Waals surface area (Å²) >= 11 is 3.51. The van der Waals surface area contributed by atoms with Crippen LogP contribution in [0.1, 0.15) is 0 Å². The molecule has 0 N–H and O–H groups in total. The van der Waals surface area contributed by atoms with E-state index in [-0.39, 0.29) is 0 Å². The first-order chi connectivity index (χ1) is 7.45. The number of benzene rings is 2. The van der Waals surface area contributed by atoms with Gasteiger partial charge in [-0.1, -0.05) is 36.4 Å². The number of hydrogen-bond acceptors (Lipinski definition) is 2. The highest BCUT2D eigenvalue weighted by atomic mass is 32.2. The molecule has 2 aromatic rings. The molecule has 0 aliphatic carbocycles. The van der Waals surface area contributed by atoms with Gasteiger partial charge < -0.3 is 0 Å². The van der Waals surface area contributed by atoms with Gasteiger partial charge in [-0.15, -0.1) is 23.5 Å². The molecule has 1 radical (unpaired) electrons. The highest BCUT2D eigenvalue weighted by molar-refractivity contribution is 8.19. The molecular weight excluding hydrogens is 220 g/mol. The molecule has 0 heterocycles. The molecule has 0 amide bonds. The van der Waals surface area contributed by atoms with Crippen LogP contribution in [0, 0.1) is 5.08 Å². The summed E-state index contributed by atoms with van der Waals surface area (Å²) in [5.74, 6) is 0. The highest BCUT2D eigenvalue weighted by Crippen LogP contribution is 2.31. The van der Waals surface area contributed by atoms with E-state index in [0.717, 1.165) is 0 Å². The standard InChI is InChI=1S/C13H11S2/c1-3-7-12(8-4-1)14-11-15-13-9-5-2-6-10-13/h1-11H. The van der Waals surface area contributed by atoms with E-state index in [0.29, 0.717) is 0 Å². The van der Waals surface area contributed by atoms with Crippen LogP contribution in [-0.2, 0) is 0 Å². The van der Waals surface area contributed by atoms with Gasteiger partial charge in [0.05, 0.1) is 5.08 Å². The van der Waals surface area contributed by atoms with E-state index in [1.807, 2.05) is 12.1 Å². The highest BCUT2D eigenvalue weighted by Gasteiger charge is 1.95. The summed E-state index contributed by atoms with van der Waals surface area (Å²) in [6.07, 6.45) is 0. The van der Waals surface area contributed by atoms with Crippen LogP contribution in [0.3, 0.4) is 0 Å². The van der Waals surface area contributed by atoms with Crippen molar-refractivity contribution >= 4 is 23.5 Å². The van der Waals surface area contributed by atoms with Crippen molar-refractivity contribution < 1.29 is 0 Å². The lowest BCUT2D eigenvalue weighted by Gasteiger charge is -2.00. The number of hydrogen-bond donors (Lipinski definition) is 0. The quantitative estimate of drug-likeness (QED) is 0.700. The molecule has 0 atom stereocenters. The van der Waals surface area contributed by atoms with Gasteiger partial charge in [-0.25, -0.2) is 0 Å². The zero-order valence-corrected chi connectivity index (χ0v) is 9.80. The van der Waals surface area contributed by atoms with Gasteiger partial charge >= 0.3 is 0 Å². The second kappa shape index (κ2) is 5.89. The van der Waals surface area contributed by atoms with E-state index < -0.39 is 0 Å². The molecule has 0 fully saturated rings. The van der Waals surface area contributed by atoms with E-state index in [1.54, 1.807) is 23.5 Å². The van der Waals surface area contributed by atoms with Crippen molar-refractivity contribution in [2.24, 2.45) is 0 Å². The van der Waals surface area contributed by atoms with Gasteiger partial charge in [-0.2, -0.15) is 0 Å². The molecule has 75 valence electrons. The average Bonchev–Trinajstić information content (AvgIpc) is 2.32. The van der Waals surface area contributed by atoms with Crippen LogP contribution in [0.15, 0.2) is 70.5 Å². The van der Waals surface area contributed by atoms with Crippen LogP contribution in [0.4, 0.5) is 0 Å². The van der Waals surface area contributed by atoms with E-state index in [2.05, 4.69) is 53.6 Å². The van der Waals surface area contributed by atoms with Crippen LogP contribution in [0.25, 0.3) is 0 Å². The summed E-state index contributed by atoms with van der Waals surface area (Å²) in [6.45, 7) is 0. The topological polar surface area (TPSA) is 0 Å². The van der Waals surface area contributed by atoms with Crippen LogP contribution in [0.2, 0.25) is 0 Å². The minimum atomic E-state index is 1.28. The molecule has 0 saturated heterocycles. The second-order valence-electron chi connectivity index (χ2n) is 2.96. The van der Waals surface area contributed by atoms with Gasteiger partial charge in [0.1, 0.15) is 0 Å². The molecule has 0 aliphatic heterocycles. The molecule has 15 heavy (non-hydrogen) atoms. The van der Waals surface area contributed by atoms with Gasteiger partial charge in [0, 0.05) is 9.79 Å². The van der Waals surface area contributed by atoms with Crippen molar-refractivity contribution in [3.63, 3.8) is 0 Å². The van der Waals surface area contributed by atoms with Crippen LogP contribution >= 0.6 is 23.5 Å². The summed E-state index contributed by atoms with van der Waals surface area (Å²) in [6, 6.07) is 20.8. The van der Waals surface area contributed by atoms with Crippen molar-refractivity contribution in [1.29, 1.82) is 0 Å². The monoisotopic (exact) mass is 231 g/mol. The second-order valence-corrected chi connectivity index (χ2v) is 5.14. The number of thioether (sulfide) groups is 2. The summed E-state index contributed by atoms with van der Waals surface area (Å²) in [5.41, 5.74) is 0. The lowest BCUT2D eigenvalue weighted by molar-refractivity contribution is 1.46. The van der Waals surface area contributed by atoms with E-state index >= 15 is 0 Å². The molecule has 0 aliphatic rings. The van der Waals surface area contributed by atoms with Crippen molar-refractivity contribution in [2.45, 2.75) is 9.79 Å². The maximum atomic E-state index is 2.16. The third-order valence-electron chi connectivity index (χ3n) is 1.85. The molecule has 2 aromatic carbocycles. The first-order valence-corrected chi connectivity index (χ1v) is 6.46. The van der Waals surface area contributed by atoms with Crippen molar-refractivity contribution in [3.05, 3.63) is 65.7 Å². The van der Waals surface area contributed by atoms with Crippen LogP contribution in [-0.4, -0.2) is 0 Å². The Morgan fingerprint density at radius 1 is 0.600 bits per heavy atom. The van der Waals surface area contributed by atoms with Gasteiger partial charge in [-0.05, 0) is 24.3 Å². The smallest absolute Gasteiger partial charge is 0.0813 e. The molecule has 0 spiro atoms. The van der Waals surface area contributed by atoms with Gasteiger partial charge in [0.15, 0.2) is 0 Å². The summed E-state index contributed by atoms with van der Waals surface area (Å²) in [5, 5.41) is 2.16. The molecule has 0 unspecified atom stereocenters. The maximum Gasteiger partial charge on any atom is 0.0813 e. The van der Waals surface area contributed by atoms with Gasteiger partial charge in [0.2, 0.25) is 0 Å². The fourth-order valence-corrected chi connectivity index (χ4v) is 2.84. The third-order valence-corrected chi connectivity index (χ3v) is 3.71. The Bertz CT molecular complexity index is 344. The van der Waals surface area contributed by atoms with E-state index in [9.17, 15) is 0 Å². The van der Waals surface area contributed by atoms with Crippen molar-refractivity contribution in [1.82, 2.24) is 0 Å². The predicted molar refractivity (Wildman–Crippen MR) is 68.9 cm³/mol. The molecule has 0 aromatic heterocycles. The van der Waals surface area contributed by atoms with Gasteiger partial charge in [-0.3, -0.25) is 0 Å². The Morgan fingerprint density at radius 2 is 1.00 bits per heavy atom. The average molecular weight is 231 g/mol. The lowest BCUT2D eigenvalue weighted by Crippen LogP contribution is -1.69. The lowest BCUT2D eigenvalue weighted by atomic mass is 10.4. The first-order valence-electron chi connectivity index (χ1n) is 4.70. The Balaban J connectivity index is 1.81. The molecule has 2 rings (SSSR count). The van der Waals surface area contributed by atoms with Crippen LogP contribution < -0.4 is 0 Å². The van der Waals surface area contributed by atoms with Crippen molar-refractivity contribution in [3.8, 4) is 0 Å². The molecule has 0 bridgehead atoms. The summed E-state index contributed by atoms with van der Waals surface area (Å²) < 4.78 is 0. The Kier molecular flexibility index (Phi) is 4.18. The van der Waals surface area contributed by atoms with Crippen molar-refractivity contribution in [2.75, 3.05) is 0 Å². The Morgan fingerprint density at radius 3 is 1.40 bits per heavy atom. The zero-order chi connectivity index (χ0) is 10.3. The Labute approximate surface area is 99.1 Å². The molecule has 0 nitrogen and oxygen atoms in total. The SMILES string of the molecule is [CH](Sc1ccccc1)Sc1ccccc1. The summed E-state index contributed by atoms with van der Waals surface area (Å²) in [7, 11) is 0. The third kappa shape index (κ3) is 3.65. The van der Waals surface area contributed by atoms with Crippen LogP contribution in [0.5, 0.6) is 0 Å². The summed E-state index contributed by atoms with van der Waals surface area (Å²) in [4.78, 5) is 2.56. The zero-order valence-electron chi connectivity index (χ0n) is 8.17.